The van der Waals surface area contributed by atoms with E-state index in [0.717, 1.165) is 19.5 Å². The Labute approximate surface area is 128 Å². The summed E-state index contributed by atoms with van der Waals surface area (Å²) >= 11 is 9.04. The minimum Gasteiger partial charge on any atom is -0.478 e. The maximum atomic E-state index is 10.9. The van der Waals surface area contributed by atoms with Crippen molar-refractivity contribution in [2.24, 2.45) is 0 Å². The van der Waals surface area contributed by atoms with Gasteiger partial charge in [-0.3, -0.25) is 0 Å². The smallest absolute Gasteiger partial charge is 0.337 e. The third kappa shape index (κ3) is 2.65. The van der Waals surface area contributed by atoms with Crippen LogP contribution >= 0.6 is 34.7 Å². The van der Waals surface area contributed by atoms with Crippen LogP contribution in [0.25, 0.3) is 10.2 Å². The fraction of sp³-hybridized carbons (Fsp3) is 0. The second-order valence-corrected chi connectivity index (χ2v) is 6.75. The summed E-state index contributed by atoms with van der Waals surface area (Å²) in [5, 5.41) is 9.18. The highest BCUT2D eigenvalue weighted by atomic mass is 35.5. The number of rotatable bonds is 3. The van der Waals surface area contributed by atoms with Gasteiger partial charge in [0, 0.05) is 4.90 Å². The Kier molecular flexibility index (Phi) is 3.65. The Bertz CT molecular complexity index is 768. The zero-order valence-electron chi connectivity index (χ0n) is 10.0. The number of thiazole rings is 1. The van der Waals surface area contributed by atoms with Gasteiger partial charge in [-0.15, -0.1) is 11.3 Å². The molecule has 0 atom stereocenters. The maximum Gasteiger partial charge on any atom is 0.337 e. The molecule has 0 saturated carbocycles. The number of carboxylic acid groups (broad SMARTS) is 1. The minimum absolute atomic E-state index is 0.111. The van der Waals surface area contributed by atoms with E-state index in [4.69, 9.17) is 16.7 Å². The van der Waals surface area contributed by atoms with E-state index < -0.39 is 5.97 Å². The summed E-state index contributed by atoms with van der Waals surface area (Å²) in [6, 6.07) is 12.8. The molecular formula is C14H8ClNO2S2. The number of hydrogen-bond donors (Lipinski definition) is 1. The van der Waals surface area contributed by atoms with Crippen molar-refractivity contribution < 1.29 is 9.90 Å². The molecule has 3 aromatic rings. The topological polar surface area (TPSA) is 50.2 Å². The first-order valence-corrected chi connectivity index (χ1v) is 7.71. The van der Waals surface area contributed by atoms with Gasteiger partial charge in [0.2, 0.25) is 0 Å². The summed E-state index contributed by atoms with van der Waals surface area (Å²) in [4.78, 5) is 16.3. The number of fused-ring (bicyclic) bond motifs is 1. The first-order chi connectivity index (χ1) is 9.63. The van der Waals surface area contributed by atoms with Crippen molar-refractivity contribution in [1.29, 1.82) is 0 Å². The monoisotopic (exact) mass is 321 g/mol. The molecule has 0 bridgehead atoms. The lowest BCUT2D eigenvalue weighted by Gasteiger charge is -2.01. The summed E-state index contributed by atoms with van der Waals surface area (Å²) in [5.41, 5.74) is 1.08. The molecule has 1 N–H and O–H groups in total. The van der Waals surface area contributed by atoms with Crippen LogP contribution in [-0.4, -0.2) is 16.1 Å². The molecule has 3 nitrogen and oxygen atoms in total. The van der Waals surface area contributed by atoms with Crippen LogP contribution in [0.5, 0.6) is 0 Å². The number of halogens is 1. The highest BCUT2D eigenvalue weighted by molar-refractivity contribution is 8.01. The standard InChI is InChI=1S/C14H8ClNO2S2/c15-10-7-8(5-6-9(10)13(17)18)19-14-16-11-3-1-2-4-12(11)20-14/h1-7H,(H,17,18). The predicted octanol–water partition coefficient (Wildman–Crippen LogP) is 4.80. The van der Waals surface area contributed by atoms with Gasteiger partial charge >= 0.3 is 5.97 Å². The van der Waals surface area contributed by atoms with Crippen LogP contribution in [0.2, 0.25) is 5.02 Å². The molecule has 0 aliphatic rings. The van der Waals surface area contributed by atoms with Crippen LogP contribution < -0.4 is 0 Å². The zero-order valence-corrected chi connectivity index (χ0v) is 12.4. The van der Waals surface area contributed by atoms with E-state index in [-0.39, 0.29) is 10.6 Å². The molecule has 0 unspecified atom stereocenters. The Morgan fingerprint density at radius 1 is 1.25 bits per heavy atom. The number of aromatic carboxylic acids is 1. The third-order valence-corrected chi connectivity index (χ3v) is 5.05. The third-order valence-electron chi connectivity index (χ3n) is 2.65. The van der Waals surface area contributed by atoms with E-state index >= 15 is 0 Å². The summed E-state index contributed by atoms with van der Waals surface area (Å²) in [7, 11) is 0. The van der Waals surface area contributed by atoms with E-state index in [9.17, 15) is 4.79 Å². The predicted molar refractivity (Wildman–Crippen MR) is 82.2 cm³/mol. The molecule has 0 saturated heterocycles. The van der Waals surface area contributed by atoms with Crippen LogP contribution in [-0.2, 0) is 0 Å². The van der Waals surface area contributed by atoms with E-state index in [1.807, 2.05) is 24.3 Å². The first-order valence-electron chi connectivity index (χ1n) is 5.70. The molecule has 0 aliphatic carbocycles. The summed E-state index contributed by atoms with van der Waals surface area (Å²) in [6.07, 6.45) is 0. The normalized spacial score (nSPS) is 10.8. The molecule has 1 aromatic heterocycles. The summed E-state index contributed by atoms with van der Waals surface area (Å²) in [6.45, 7) is 0. The second-order valence-electron chi connectivity index (χ2n) is 4.00. The van der Waals surface area contributed by atoms with Gasteiger partial charge in [-0.1, -0.05) is 35.5 Å². The quantitative estimate of drug-likeness (QED) is 0.753. The van der Waals surface area contributed by atoms with Crippen LogP contribution in [0.1, 0.15) is 10.4 Å². The van der Waals surface area contributed by atoms with Gasteiger partial charge in [0.1, 0.15) is 0 Å². The van der Waals surface area contributed by atoms with Crippen molar-refractivity contribution in [2.45, 2.75) is 9.24 Å². The average Bonchev–Trinajstić information content (AvgIpc) is 2.80. The van der Waals surface area contributed by atoms with Gasteiger partial charge in [-0.2, -0.15) is 0 Å². The average molecular weight is 322 g/mol. The molecule has 0 amide bonds. The number of hydrogen-bond acceptors (Lipinski definition) is 4. The molecule has 2 aromatic carbocycles. The molecule has 100 valence electrons. The molecule has 0 spiro atoms. The zero-order chi connectivity index (χ0) is 14.1. The van der Waals surface area contributed by atoms with Crippen molar-refractivity contribution in [3.63, 3.8) is 0 Å². The highest BCUT2D eigenvalue weighted by Crippen LogP contribution is 2.35. The molecule has 3 rings (SSSR count). The van der Waals surface area contributed by atoms with Crippen molar-refractivity contribution in [2.75, 3.05) is 0 Å². The van der Waals surface area contributed by atoms with E-state index in [0.29, 0.717) is 0 Å². The van der Waals surface area contributed by atoms with Crippen LogP contribution in [0.15, 0.2) is 51.7 Å². The lowest BCUT2D eigenvalue weighted by Crippen LogP contribution is -1.96. The van der Waals surface area contributed by atoms with Crippen LogP contribution in [0, 0.1) is 0 Å². The summed E-state index contributed by atoms with van der Waals surface area (Å²) < 4.78 is 2.04. The van der Waals surface area contributed by atoms with Gasteiger partial charge in [0.15, 0.2) is 4.34 Å². The van der Waals surface area contributed by atoms with Crippen LogP contribution in [0.4, 0.5) is 0 Å². The van der Waals surface area contributed by atoms with Gasteiger partial charge in [-0.05, 0) is 30.3 Å². The van der Waals surface area contributed by atoms with Crippen molar-refractivity contribution >= 4 is 50.9 Å². The fourth-order valence-corrected chi connectivity index (χ4v) is 4.13. The summed E-state index contributed by atoms with van der Waals surface area (Å²) in [5.74, 6) is -1.02. The van der Waals surface area contributed by atoms with Gasteiger partial charge in [0.25, 0.3) is 0 Å². The lowest BCUT2D eigenvalue weighted by molar-refractivity contribution is 0.0697. The molecule has 20 heavy (non-hydrogen) atoms. The molecular weight excluding hydrogens is 314 g/mol. The first kappa shape index (κ1) is 13.4. The lowest BCUT2D eigenvalue weighted by atomic mass is 10.2. The highest BCUT2D eigenvalue weighted by Gasteiger charge is 2.11. The van der Waals surface area contributed by atoms with Crippen LogP contribution in [0.3, 0.4) is 0 Å². The maximum absolute atomic E-state index is 10.9. The fourth-order valence-electron chi connectivity index (χ4n) is 1.73. The Balaban J connectivity index is 1.90. The SMILES string of the molecule is O=C(O)c1ccc(Sc2nc3ccccc3s2)cc1Cl. The van der Waals surface area contributed by atoms with E-state index in [1.165, 1.54) is 17.8 Å². The molecule has 0 aliphatic heterocycles. The van der Waals surface area contributed by atoms with Crippen molar-refractivity contribution in [1.82, 2.24) is 4.98 Å². The number of carboxylic acids is 1. The second kappa shape index (κ2) is 5.44. The molecule has 0 radical (unpaired) electrons. The largest absolute Gasteiger partial charge is 0.478 e. The minimum atomic E-state index is -1.02. The Hall–Kier alpha value is -1.56. The Morgan fingerprint density at radius 2 is 2.05 bits per heavy atom. The Morgan fingerprint density at radius 3 is 2.75 bits per heavy atom. The van der Waals surface area contributed by atoms with Gasteiger partial charge in [-0.25, -0.2) is 9.78 Å². The molecule has 1 heterocycles. The number of aromatic nitrogens is 1. The molecule has 0 fully saturated rings. The number of nitrogens with zero attached hydrogens (tertiary/aromatic N) is 1. The van der Waals surface area contributed by atoms with E-state index in [1.54, 1.807) is 23.5 Å². The number of carbonyl (C=O) groups is 1. The number of para-hydroxylation sites is 1. The van der Waals surface area contributed by atoms with E-state index in [2.05, 4.69) is 4.98 Å². The number of benzene rings is 2. The van der Waals surface area contributed by atoms with Crippen molar-refractivity contribution in [3.05, 3.63) is 53.1 Å². The van der Waals surface area contributed by atoms with Crippen molar-refractivity contribution in [3.8, 4) is 0 Å². The van der Waals surface area contributed by atoms with Gasteiger partial charge < -0.3 is 5.11 Å². The molecule has 6 heteroatoms. The van der Waals surface area contributed by atoms with Gasteiger partial charge in [0.05, 0.1) is 20.8 Å².